The number of anilines is 1. The highest BCUT2D eigenvalue weighted by atomic mass is 16.3. The Morgan fingerprint density at radius 2 is 2.05 bits per heavy atom. The van der Waals surface area contributed by atoms with Gasteiger partial charge in [0.15, 0.2) is 6.23 Å². The van der Waals surface area contributed by atoms with Gasteiger partial charge in [-0.3, -0.25) is 24.6 Å². The standard InChI is InChI=1S/C13H13N3O4/c14-7-3-1-2-6-10(7)13(20)16(12(6)19)8-4-5-9(17)15-11(8)18/h1-3,8,12,19H,4-5,14H2,(H,15,17,18)/t8-,12?/m0/s1. The second-order valence-corrected chi connectivity index (χ2v) is 4.86. The van der Waals surface area contributed by atoms with Crippen molar-refractivity contribution >= 4 is 23.4 Å². The number of imide groups is 1. The second-order valence-electron chi connectivity index (χ2n) is 4.86. The molecule has 1 saturated heterocycles. The van der Waals surface area contributed by atoms with E-state index in [1.807, 2.05) is 0 Å². The molecule has 0 saturated carbocycles. The van der Waals surface area contributed by atoms with Crippen molar-refractivity contribution in [3.8, 4) is 0 Å². The molecule has 1 aromatic carbocycles. The van der Waals surface area contributed by atoms with Crippen LogP contribution in [0.3, 0.4) is 0 Å². The van der Waals surface area contributed by atoms with Crippen LogP contribution in [0, 0.1) is 0 Å². The van der Waals surface area contributed by atoms with Crippen molar-refractivity contribution in [1.82, 2.24) is 10.2 Å². The average molecular weight is 275 g/mol. The van der Waals surface area contributed by atoms with Gasteiger partial charge in [0.05, 0.1) is 5.56 Å². The summed E-state index contributed by atoms with van der Waals surface area (Å²) in [5, 5.41) is 12.4. The van der Waals surface area contributed by atoms with E-state index in [9.17, 15) is 19.5 Å². The summed E-state index contributed by atoms with van der Waals surface area (Å²) in [6.45, 7) is 0. The maximum atomic E-state index is 12.4. The van der Waals surface area contributed by atoms with Crippen molar-refractivity contribution in [3.05, 3.63) is 29.3 Å². The normalized spacial score (nSPS) is 25.6. The minimum absolute atomic E-state index is 0.138. The molecule has 0 aliphatic carbocycles. The monoisotopic (exact) mass is 275 g/mol. The topological polar surface area (TPSA) is 113 Å². The number of nitrogens with zero attached hydrogens (tertiary/aromatic N) is 1. The summed E-state index contributed by atoms with van der Waals surface area (Å²) in [4.78, 5) is 36.5. The van der Waals surface area contributed by atoms with Crippen LogP contribution < -0.4 is 11.1 Å². The summed E-state index contributed by atoms with van der Waals surface area (Å²) < 4.78 is 0. The Kier molecular flexibility index (Phi) is 2.72. The first kappa shape index (κ1) is 12.6. The van der Waals surface area contributed by atoms with Crippen molar-refractivity contribution in [2.24, 2.45) is 0 Å². The summed E-state index contributed by atoms with van der Waals surface area (Å²) in [5.74, 6) is -1.43. The highest BCUT2D eigenvalue weighted by molar-refractivity contribution is 6.07. The molecule has 7 heteroatoms. The Morgan fingerprint density at radius 3 is 2.70 bits per heavy atom. The third-order valence-electron chi connectivity index (χ3n) is 3.66. The van der Waals surface area contributed by atoms with E-state index in [4.69, 9.17) is 5.73 Å². The summed E-state index contributed by atoms with van der Waals surface area (Å²) >= 11 is 0. The number of aliphatic hydroxyl groups excluding tert-OH is 1. The van der Waals surface area contributed by atoms with Crippen LogP contribution in [0.1, 0.15) is 35.0 Å². The molecule has 7 nitrogen and oxygen atoms in total. The Bertz CT molecular complexity index is 628. The van der Waals surface area contributed by atoms with Crippen LogP contribution in [0.4, 0.5) is 5.69 Å². The van der Waals surface area contributed by atoms with Gasteiger partial charge in [-0.15, -0.1) is 0 Å². The summed E-state index contributed by atoms with van der Waals surface area (Å²) in [6, 6.07) is 3.94. The summed E-state index contributed by atoms with van der Waals surface area (Å²) in [7, 11) is 0. The maximum Gasteiger partial charge on any atom is 0.259 e. The number of amides is 3. The van der Waals surface area contributed by atoms with E-state index in [-0.39, 0.29) is 30.0 Å². The van der Waals surface area contributed by atoms with Crippen molar-refractivity contribution in [3.63, 3.8) is 0 Å². The van der Waals surface area contributed by atoms with Crippen molar-refractivity contribution in [2.75, 3.05) is 5.73 Å². The number of nitrogens with one attached hydrogen (secondary N) is 1. The highest BCUT2D eigenvalue weighted by Gasteiger charge is 2.44. The van der Waals surface area contributed by atoms with Gasteiger partial charge in [0.1, 0.15) is 6.04 Å². The molecule has 2 aliphatic rings. The van der Waals surface area contributed by atoms with Gasteiger partial charge >= 0.3 is 0 Å². The number of fused-ring (bicyclic) bond motifs is 1. The number of nitrogen functional groups attached to an aromatic ring is 1. The molecule has 1 fully saturated rings. The van der Waals surface area contributed by atoms with Crippen LogP contribution in [-0.4, -0.2) is 33.8 Å². The zero-order chi connectivity index (χ0) is 14.4. The first-order chi connectivity index (χ1) is 9.50. The SMILES string of the molecule is Nc1cccc2c1C(=O)N([C@H]1CCC(=O)NC1=O)C2O. The molecular formula is C13H13N3O4. The van der Waals surface area contributed by atoms with Gasteiger partial charge in [-0.05, 0) is 12.5 Å². The molecular weight excluding hydrogens is 262 g/mol. The van der Waals surface area contributed by atoms with Crippen LogP contribution in [0.25, 0.3) is 0 Å². The number of piperidine rings is 1. The molecule has 1 unspecified atom stereocenters. The highest BCUT2D eigenvalue weighted by Crippen LogP contribution is 2.37. The molecule has 104 valence electrons. The summed E-state index contributed by atoms with van der Waals surface area (Å²) in [5.41, 5.74) is 6.64. The predicted molar refractivity (Wildman–Crippen MR) is 68.2 cm³/mol. The van der Waals surface area contributed by atoms with Gasteiger partial charge in [0.2, 0.25) is 11.8 Å². The molecule has 0 bridgehead atoms. The van der Waals surface area contributed by atoms with E-state index in [1.165, 1.54) is 0 Å². The lowest BCUT2D eigenvalue weighted by Gasteiger charge is -2.31. The number of hydrogen-bond acceptors (Lipinski definition) is 5. The zero-order valence-corrected chi connectivity index (χ0v) is 10.5. The first-order valence-electron chi connectivity index (χ1n) is 6.23. The first-order valence-corrected chi connectivity index (χ1v) is 6.23. The fourth-order valence-corrected chi connectivity index (χ4v) is 2.70. The Morgan fingerprint density at radius 1 is 1.30 bits per heavy atom. The van der Waals surface area contributed by atoms with E-state index in [1.54, 1.807) is 18.2 Å². The van der Waals surface area contributed by atoms with Gasteiger partial charge in [-0.25, -0.2) is 0 Å². The molecule has 3 rings (SSSR count). The van der Waals surface area contributed by atoms with Crippen LogP contribution in [0.15, 0.2) is 18.2 Å². The van der Waals surface area contributed by atoms with Crippen LogP contribution in [-0.2, 0) is 9.59 Å². The van der Waals surface area contributed by atoms with Gasteiger partial charge in [-0.2, -0.15) is 0 Å². The van der Waals surface area contributed by atoms with Crippen LogP contribution in [0.5, 0.6) is 0 Å². The van der Waals surface area contributed by atoms with E-state index < -0.39 is 24.1 Å². The van der Waals surface area contributed by atoms with Crippen molar-refractivity contribution in [2.45, 2.75) is 25.1 Å². The lowest BCUT2D eigenvalue weighted by molar-refractivity contribution is -0.139. The maximum absolute atomic E-state index is 12.4. The van der Waals surface area contributed by atoms with Crippen LogP contribution in [0.2, 0.25) is 0 Å². The van der Waals surface area contributed by atoms with E-state index >= 15 is 0 Å². The number of hydrogen-bond donors (Lipinski definition) is 3. The van der Waals surface area contributed by atoms with Gasteiger partial charge in [-0.1, -0.05) is 12.1 Å². The molecule has 0 spiro atoms. The average Bonchev–Trinajstić information content (AvgIpc) is 2.64. The number of carbonyl (C=O) groups excluding carboxylic acids is 3. The number of rotatable bonds is 1. The number of aliphatic hydroxyl groups is 1. The second kappa shape index (κ2) is 4.31. The fourth-order valence-electron chi connectivity index (χ4n) is 2.70. The Balaban J connectivity index is 1.98. The quantitative estimate of drug-likeness (QED) is 0.473. The van der Waals surface area contributed by atoms with Gasteiger partial charge < -0.3 is 10.8 Å². The minimum Gasteiger partial charge on any atom is -0.398 e. The molecule has 1 aromatic rings. The Hall–Kier alpha value is -2.41. The molecule has 2 aliphatic heterocycles. The van der Waals surface area contributed by atoms with E-state index in [0.29, 0.717) is 5.56 Å². The molecule has 2 heterocycles. The fraction of sp³-hybridized carbons (Fsp3) is 0.308. The summed E-state index contributed by atoms with van der Waals surface area (Å²) in [6.07, 6.45) is -0.884. The van der Waals surface area contributed by atoms with Crippen molar-refractivity contribution < 1.29 is 19.5 Å². The van der Waals surface area contributed by atoms with Crippen molar-refractivity contribution in [1.29, 1.82) is 0 Å². The van der Waals surface area contributed by atoms with E-state index in [2.05, 4.69) is 5.32 Å². The molecule has 20 heavy (non-hydrogen) atoms. The predicted octanol–water partition coefficient (Wildman–Crippen LogP) is -0.479. The molecule has 0 radical (unpaired) electrons. The zero-order valence-electron chi connectivity index (χ0n) is 10.5. The lowest BCUT2D eigenvalue weighted by Crippen LogP contribution is -2.53. The van der Waals surface area contributed by atoms with Crippen LogP contribution >= 0.6 is 0 Å². The molecule has 4 N–H and O–H groups in total. The smallest absolute Gasteiger partial charge is 0.259 e. The number of benzene rings is 1. The molecule has 2 atom stereocenters. The number of carbonyl (C=O) groups is 3. The lowest BCUT2D eigenvalue weighted by atomic mass is 10.0. The van der Waals surface area contributed by atoms with Gasteiger partial charge in [0.25, 0.3) is 5.91 Å². The third-order valence-corrected chi connectivity index (χ3v) is 3.66. The number of nitrogens with two attached hydrogens (primary N) is 1. The molecule has 0 aromatic heterocycles. The minimum atomic E-state index is -1.22. The van der Waals surface area contributed by atoms with Gasteiger partial charge in [0, 0.05) is 17.7 Å². The largest absolute Gasteiger partial charge is 0.398 e. The molecule has 3 amide bonds. The Labute approximate surface area is 114 Å². The van der Waals surface area contributed by atoms with E-state index in [0.717, 1.165) is 4.90 Å². The third kappa shape index (κ3) is 1.67.